The van der Waals surface area contributed by atoms with Gasteiger partial charge in [0.2, 0.25) is 0 Å². The van der Waals surface area contributed by atoms with Crippen LogP contribution in [0.5, 0.6) is 0 Å². The molecule has 1 aromatic heterocycles. The Morgan fingerprint density at radius 3 is 2.33 bits per heavy atom. The second-order valence-corrected chi connectivity index (χ2v) is 5.58. The lowest BCUT2D eigenvalue weighted by Crippen LogP contribution is -2.31. The van der Waals surface area contributed by atoms with Gasteiger partial charge in [0, 0.05) is 6.07 Å². The molecular weight excluding hydrogens is 262 g/mol. The molecule has 0 fully saturated rings. The van der Waals surface area contributed by atoms with E-state index in [2.05, 4.69) is 49.4 Å². The molecule has 0 aliphatic heterocycles. The lowest BCUT2D eigenvalue weighted by Gasteiger charge is -2.20. The van der Waals surface area contributed by atoms with Crippen molar-refractivity contribution in [2.75, 3.05) is 6.54 Å². The normalized spacial score (nSPS) is 12.4. The first kappa shape index (κ1) is 15.4. The van der Waals surface area contributed by atoms with Gasteiger partial charge in [0.05, 0.1) is 18.8 Å². The largest absolute Gasteiger partial charge is 0.309 e. The number of nitrogens with zero attached hydrogens (tertiary/aromatic N) is 2. The summed E-state index contributed by atoms with van der Waals surface area (Å²) in [6.07, 6.45) is 1.73. The third-order valence-corrected chi connectivity index (χ3v) is 3.46. The zero-order valence-electron chi connectivity index (χ0n) is 13.2. The van der Waals surface area contributed by atoms with Crippen LogP contribution in [0.25, 0.3) is 0 Å². The minimum Gasteiger partial charge on any atom is -0.309 e. The summed E-state index contributed by atoms with van der Waals surface area (Å²) in [6, 6.07) is 8.20. The summed E-state index contributed by atoms with van der Waals surface area (Å²) < 4.78 is 1.53. The Kier molecular flexibility index (Phi) is 4.91. The molecular formula is C17H23N3O. The molecule has 112 valence electrons. The van der Waals surface area contributed by atoms with Crippen LogP contribution < -0.4 is 10.9 Å². The standard InChI is InChI=1S/C17H23N3O/c1-5-18-16(15-7-12(2)6-13(3)8-15)11-20-17(21)9-14(4)10-19-20/h6-10,16,18H,5,11H2,1-4H3. The van der Waals surface area contributed by atoms with Crippen molar-refractivity contribution in [3.8, 4) is 0 Å². The van der Waals surface area contributed by atoms with Crippen molar-refractivity contribution in [2.45, 2.75) is 40.3 Å². The number of aryl methyl sites for hydroxylation is 3. The van der Waals surface area contributed by atoms with E-state index in [1.807, 2.05) is 6.92 Å². The van der Waals surface area contributed by atoms with Gasteiger partial charge in [0.15, 0.2) is 0 Å². The predicted molar refractivity (Wildman–Crippen MR) is 85.6 cm³/mol. The Labute approximate surface area is 125 Å². The SMILES string of the molecule is CCNC(Cn1ncc(C)cc1=O)c1cc(C)cc(C)c1. The summed E-state index contributed by atoms with van der Waals surface area (Å²) in [7, 11) is 0. The Morgan fingerprint density at radius 2 is 1.76 bits per heavy atom. The van der Waals surface area contributed by atoms with Crippen molar-refractivity contribution >= 4 is 0 Å². The lowest BCUT2D eigenvalue weighted by atomic mass is 10.0. The third-order valence-electron chi connectivity index (χ3n) is 3.46. The van der Waals surface area contributed by atoms with E-state index in [1.165, 1.54) is 21.4 Å². The van der Waals surface area contributed by atoms with Crippen LogP contribution >= 0.6 is 0 Å². The number of hydrogen-bond acceptors (Lipinski definition) is 3. The van der Waals surface area contributed by atoms with E-state index in [0.717, 1.165) is 12.1 Å². The van der Waals surface area contributed by atoms with Gasteiger partial charge in [0.25, 0.3) is 5.56 Å². The minimum absolute atomic E-state index is 0.0534. The fourth-order valence-corrected chi connectivity index (χ4v) is 2.58. The highest BCUT2D eigenvalue weighted by Crippen LogP contribution is 2.18. The zero-order valence-corrected chi connectivity index (χ0v) is 13.2. The van der Waals surface area contributed by atoms with Gasteiger partial charge in [-0.3, -0.25) is 4.79 Å². The highest BCUT2D eigenvalue weighted by atomic mass is 16.1. The molecule has 1 heterocycles. The van der Waals surface area contributed by atoms with Gasteiger partial charge in [-0.25, -0.2) is 4.68 Å². The van der Waals surface area contributed by atoms with Crippen molar-refractivity contribution in [1.82, 2.24) is 15.1 Å². The third kappa shape index (κ3) is 4.02. The average molecular weight is 285 g/mol. The molecule has 1 N–H and O–H groups in total. The van der Waals surface area contributed by atoms with E-state index >= 15 is 0 Å². The van der Waals surface area contributed by atoms with Crippen LogP contribution in [0, 0.1) is 20.8 Å². The molecule has 0 saturated carbocycles. The predicted octanol–water partition coefficient (Wildman–Crippen LogP) is 2.52. The van der Waals surface area contributed by atoms with Gasteiger partial charge < -0.3 is 5.32 Å². The fourth-order valence-electron chi connectivity index (χ4n) is 2.58. The van der Waals surface area contributed by atoms with Crippen LogP contribution in [0.2, 0.25) is 0 Å². The van der Waals surface area contributed by atoms with Gasteiger partial charge in [-0.2, -0.15) is 5.10 Å². The van der Waals surface area contributed by atoms with Crippen molar-refractivity contribution in [3.05, 3.63) is 63.1 Å². The second kappa shape index (κ2) is 6.68. The van der Waals surface area contributed by atoms with Gasteiger partial charge >= 0.3 is 0 Å². The number of nitrogens with one attached hydrogen (secondary N) is 1. The first-order chi connectivity index (χ1) is 9.99. The Bertz CT molecular complexity index is 656. The molecule has 1 aromatic carbocycles. The molecule has 0 aliphatic carbocycles. The molecule has 0 radical (unpaired) electrons. The van der Waals surface area contributed by atoms with E-state index in [-0.39, 0.29) is 11.6 Å². The van der Waals surface area contributed by atoms with Crippen molar-refractivity contribution in [2.24, 2.45) is 0 Å². The van der Waals surface area contributed by atoms with Gasteiger partial charge in [-0.1, -0.05) is 36.2 Å². The molecule has 4 nitrogen and oxygen atoms in total. The first-order valence-electron chi connectivity index (χ1n) is 7.35. The summed E-state index contributed by atoms with van der Waals surface area (Å²) in [6.45, 7) is 9.52. The summed E-state index contributed by atoms with van der Waals surface area (Å²) in [5.74, 6) is 0. The van der Waals surface area contributed by atoms with E-state index in [9.17, 15) is 4.79 Å². The van der Waals surface area contributed by atoms with Crippen molar-refractivity contribution in [3.63, 3.8) is 0 Å². The summed E-state index contributed by atoms with van der Waals surface area (Å²) in [5.41, 5.74) is 4.50. The number of rotatable bonds is 5. The molecule has 1 unspecified atom stereocenters. The molecule has 4 heteroatoms. The minimum atomic E-state index is -0.0534. The van der Waals surface area contributed by atoms with Gasteiger partial charge in [0.1, 0.15) is 0 Å². The Hall–Kier alpha value is -1.94. The molecule has 0 spiro atoms. The topological polar surface area (TPSA) is 46.9 Å². The second-order valence-electron chi connectivity index (χ2n) is 5.58. The fraction of sp³-hybridized carbons (Fsp3) is 0.412. The summed E-state index contributed by atoms with van der Waals surface area (Å²) >= 11 is 0. The maximum atomic E-state index is 12.0. The molecule has 0 amide bonds. The maximum absolute atomic E-state index is 12.0. The molecule has 0 bridgehead atoms. The van der Waals surface area contributed by atoms with Crippen LogP contribution in [0.1, 0.15) is 35.2 Å². The Balaban J connectivity index is 2.32. The number of aromatic nitrogens is 2. The average Bonchev–Trinajstić information content (AvgIpc) is 2.40. The van der Waals surface area contributed by atoms with E-state index in [1.54, 1.807) is 12.3 Å². The highest BCUT2D eigenvalue weighted by molar-refractivity contribution is 5.30. The number of likely N-dealkylation sites (N-methyl/N-ethyl adjacent to an activating group) is 1. The van der Waals surface area contributed by atoms with E-state index in [4.69, 9.17) is 0 Å². The molecule has 1 atom stereocenters. The lowest BCUT2D eigenvalue weighted by molar-refractivity contribution is 0.433. The van der Waals surface area contributed by atoms with E-state index in [0.29, 0.717) is 6.54 Å². The molecule has 0 saturated heterocycles. The monoisotopic (exact) mass is 285 g/mol. The highest BCUT2D eigenvalue weighted by Gasteiger charge is 2.13. The van der Waals surface area contributed by atoms with Crippen LogP contribution in [0.3, 0.4) is 0 Å². The van der Waals surface area contributed by atoms with Crippen LogP contribution in [0.15, 0.2) is 35.3 Å². The van der Waals surface area contributed by atoms with Crippen molar-refractivity contribution in [1.29, 1.82) is 0 Å². The smallest absolute Gasteiger partial charge is 0.267 e. The Morgan fingerprint density at radius 1 is 1.10 bits per heavy atom. The molecule has 2 aromatic rings. The summed E-state index contributed by atoms with van der Waals surface area (Å²) in [5, 5.41) is 7.68. The quantitative estimate of drug-likeness (QED) is 0.918. The summed E-state index contributed by atoms with van der Waals surface area (Å²) in [4.78, 5) is 12.0. The maximum Gasteiger partial charge on any atom is 0.267 e. The number of hydrogen-bond donors (Lipinski definition) is 1. The van der Waals surface area contributed by atoms with Crippen LogP contribution in [-0.2, 0) is 6.54 Å². The zero-order chi connectivity index (χ0) is 15.4. The van der Waals surface area contributed by atoms with Crippen LogP contribution in [-0.4, -0.2) is 16.3 Å². The van der Waals surface area contributed by atoms with Crippen LogP contribution in [0.4, 0.5) is 0 Å². The molecule has 21 heavy (non-hydrogen) atoms. The van der Waals surface area contributed by atoms with Crippen molar-refractivity contribution < 1.29 is 0 Å². The van der Waals surface area contributed by atoms with Gasteiger partial charge in [-0.15, -0.1) is 0 Å². The van der Waals surface area contributed by atoms with Gasteiger partial charge in [-0.05, 0) is 38.4 Å². The molecule has 0 aliphatic rings. The number of benzene rings is 1. The molecule has 2 rings (SSSR count). The first-order valence-corrected chi connectivity index (χ1v) is 7.35. The van der Waals surface area contributed by atoms with E-state index < -0.39 is 0 Å².